The summed E-state index contributed by atoms with van der Waals surface area (Å²) in [6, 6.07) is 11.8. The van der Waals surface area contributed by atoms with E-state index in [0.717, 1.165) is 17.0 Å². The Balaban J connectivity index is 1.90. The smallest absolute Gasteiger partial charge is 0.293 e. The van der Waals surface area contributed by atoms with Gasteiger partial charge in [-0.25, -0.2) is 9.50 Å². The zero-order valence-corrected chi connectivity index (χ0v) is 13.5. The van der Waals surface area contributed by atoms with Gasteiger partial charge in [0.25, 0.3) is 11.7 Å². The Hall–Kier alpha value is -2.76. The summed E-state index contributed by atoms with van der Waals surface area (Å²) in [6.45, 7) is 6.90. The molecule has 6 heteroatoms. The minimum atomic E-state index is -0.182. The number of hydrogen-bond acceptors (Lipinski definition) is 4. The SMILES string of the molecule is CCN(Cc1ccccc1)C(=O)c1nc2nc(C)cc(C)n2n1. The zero-order valence-electron chi connectivity index (χ0n) is 13.5. The summed E-state index contributed by atoms with van der Waals surface area (Å²) in [4.78, 5) is 23.1. The lowest BCUT2D eigenvalue weighted by atomic mass is 10.2. The Labute approximate surface area is 134 Å². The molecule has 3 rings (SSSR count). The van der Waals surface area contributed by atoms with Crippen molar-refractivity contribution in [3.05, 3.63) is 59.2 Å². The van der Waals surface area contributed by atoms with E-state index in [1.807, 2.05) is 57.2 Å². The fraction of sp³-hybridized carbons (Fsp3) is 0.294. The van der Waals surface area contributed by atoms with Gasteiger partial charge in [0.1, 0.15) is 0 Å². The molecule has 0 N–H and O–H groups in total. The van der Waals surface area contributed by atoms with Crippen molar-refractivity contribution >= 4 is 11.7 Å². The summed E-state index contributed by atoms with van der Waals surface area (Å²) in [6.07, 6.45) is 0. The van der Waals surface area contributed by atoms with Gasteiger partial charge >= 0.3 is 0 Å². The van der Waals surface area contributed by atoms with Crippen molar-refractivity contribution in [3.63, 3.8) is 0 Å². The lowest BCUT2D eigenvalue weighted by Gasteiger charge is -2.19. The highest BCUT2D eigenvalue weighted by Crippen LogP contribution is 2.10. The molecule has 0 aliphatic heterocycles. The Kier molecular flexibility index (Phi) is 4.06. The van der Waals surface area contributed by atoms with Gasteiger partial charge in [0, 0.05) is 24.5 Å². The van der Waals surface area contributed by atoms with Crippen molar-refractivity contribution in [1.82, 2.24) is 24.5 Å². The van der Waals surface area contributed by atoms with Crippen molar-refractivity contribution in [1.29, 1.82) is 0 Å². The molecule has 6 nitrogen and oxygen atoms in total. The Morgan fingerprint density at radius 2 is 1.91 bits per heavy atom. The summed E-state index contributed by atoms with van der Waals surface area (Å²) in [5.74, 6) is 0.463. The summed E-state index contributed by atoms with van der Waals surface area (Å²) in [5, 5.41) is 4.32. The van der Waals surface area contributed by atoms with E-state index in [4.69, 9.17) is 0 Å². The third kappa shape index (κ3) is 3.06. The predicted molar refractivity (Wildman–Crippen MR) is 87.1 cm³/mol. The fourth-order valence-electron chi connectivity index (χ4n) is 2.53. The molecule has 0 fully saturated rings. The van der Waals surface area contributed by atoms with Gasteiger partial charge in [-0.15, -0.1) is 5.10 Å². The van der Waals surface area contributed by atoms with Crippen LogP contribution in [0.15, 0.2) is 36.4 Å². The van der Waals surface area contributed by atoms with Crippen LogP contribution in [0.4, 0.5) is 0 Å². The molecule has 3 aromatic rings. The van der Waals surface area contributed by atoms with E-state index in [1.54, 1.807) is 9.42 Å². The molecule has 0 saturated carbocycles. The molecule has 1 amide bonds. The molecule has 0 spiro atoms. The van der Waals surface area contributed by atoms with Crippen molar-refractivity contribution in [3.8, 4) is 0 Å². The minimum Gasteiger partial charge on any atom is -0.332 e. The van der Waals surface area contributed by atoms with Gasteiger partial charge in [0.15, 0.2) is 0 Å². The van der Waals surface area contributed by atoms with Crippen molar-refractivity contribution in [2.45, 2.75) is 27.3 Å². The predicted octanol–water partition coefficient (Wildman–Crippen LogP) is 2.40. The maximum absolute atomic E-state index is 12.7. The standard InChI is InChI=1S/C17H19N5O/c1-4-21(11-14-8-6-5-7-9-14)16(23)15-19-17-18-12(2)10-13(3)22(17)20-15/h5-10H,4,11H2,1-3H3. The monoisotopic (exact) mass is 309 g/mol. The van der Waals surface area contributed by atoms with Crippen LogP contribution in [0, 0.1) is 13.8 Å². The van der Waals surface area contributed by atoms with Gasteiger partial charge in [0.05, 0.1) is 0 Å². The second-order valence-corrected chi connectivity index (χ2v) is 5.49. The normalized spacial score (nSPS) is 10.9. The third-order valence-corrected chi connectivity index (χ3v) is 3.69. The molecular formula is C17H19N5O. The second kappa shape index (κ2) is 6.16. The molecule has 0 unspecified atom stereocenters. The first-order chi connectivity index (χ1) is 11.1. The zero-order chi connectivity index (χ0) is 16.4. The Morgan fingerprint density at radius 3 is 2.61 bits per heavy atom. The lowest BCUT2D eigenvalue weighted by Crippen LogP contribution is -2.31. The van der Waals surface area contributed by atoms with Crippen molar-refractivity contribution < 1.29 is 4.79 Å². The number of aromatic nitrogens is 4. The van der Waals surface area contributed by atoms with Gasteiger partial charge in [-0.2, -0.15) is 4.98 Å². The molecule has 0 aliphatic carbocycles. The van der Waals surface area contributed by atoms with Gasteiger partial charge < -0.3 is 4.90 Å². The van der Waals surface area contributed by atoms with Gasteiger partial charge in [0.2, 0.25) is 5.82 Å². The van der Waals surface area contributed by atoms with Crippen LogP contribution in [0.1, 0.15) is 34.5 Å². The molecule has 0 saturated heterocycles. The van der Waals surface area contributed by atoms with Crippen LogP contribution in [0.2, 0.25) is 0 Å². The van der Waals surface area contributed by atoms with E-state index in [9.17, 15) is 4.79 Å². The highest BCUT2D eigenvalue weighted by molar-refractivity contribution is 5.90. The number of rotatable bonds is 4. The van der Waals surface area contributed by atoms with E-state index < -0.39 is 0 Å². The minimum absolute atomic E-state index is 0.182. The number of benzene rings is 1. The number of fused-ring (bicyclic) bond motifs is 1. The summed E-state index contributed by atoms with van der Waals surface area (Å²) >= 11 is 0. The van der Waals surface area contributed by atoms with E-state index >= 15 is 0 Å². The first-order valence-corrected chi connectivity index (χ1v) is 7.62. The molecular weight excluding hydrogens is 290 g/mol. The molecule has 0 radical (unpaired) electrons. The quantitative estimate of drug-likeness (QED) is 0.742. The number of amides is 1. The molecule has 2 aromatic heterocycles. The van der Waals surface area contributed by atoms with Gasteiger partial charge in [-0.05, 0) is 32.4 Å². The topological polar surface area (TPSA) is 63.4 Å². The largest absolute Gasteiger partial charge is 0.332 e. The molecule has 0 atom stereocenters. The average molecular weight is 309 g/mol. The number of carbonyl (C=O) groups excluding carboxylic acids is 1. The fourth-order valence-corrected chi connectivity index (χ4v) is 2.53. The molecule has 23 heavy (non-hydrogen) atoms. The van der Waals surface area contributed by atoms with Crippen LogP contribution in [-0.2, 0) is 6.54 Å². The summed E-state index contributed by atoms with van der Waals surface area (Å²) in [7, 11) is 0. The van der Waals surface area contributed by atoms with E-state index in [0.29, 0.717) is 18.9 Å². The van der Waals surface area contributed by atoms with Crippen LogP contribution in [0.25, 0.3) is 5.78 Å². The van der Waals surface area contributed by atoms with Gasteiger partial charge in [-0.3, -0.25) is 4.79 Å². The van der Waals surface area contributed by atoms with Gasteiger partial charge in [-0.1, -0.05) is 30.3 Å². The number of carbonyl (C=O) groups is 1. The maximum atomic E-state index is 12.7. The van der Waals surface area contributed by atoms with E-state index in [2.05, 4.69) is 15.1 Å². The molecule has 2 heterocycles. The highest BCUT2D eigenvalue weighted by atomic mass is 16.2. The number of hydrogen-bond donors (Lipinski definition) is 0. The van der Waals surface area contributed by atoms with Crippen LogP contribution >= 0.6 is 0 Å². The van der Waals surface area contributed by atoms with Crippen molar-refractivity contribution in [2.75, 3.05) is 6.54 Å². The number of aryl methyl sites for hydroxylation is 2. The first kappa shape index (κ1) is 15.1. The lowest BCUT2D eigenvalue weighted by molar-refractivity contribution is 0.0740. The Morgan fingerprint density at radius 1 is 1.17 bits per heavy atom. The summed E-state index contributed by atoms with van der Waals surface area (Å²) < 4.78 is 1.61. The van der Waals surface area contributed by atoms with Crippen LogP contribution in [0.3, 0.4) is 0 Å². The average Bonchev–Trinajstić information content (AvgIpc) is 2.97. The Bertz CT molecular complexity index is 841. The second-order valence-electron chi connectivity index (χ2n) is 5.49. The van der Waals surface area contributed by atoms with E-state index in [1.165, 1.54) is 0 Å². The first-order valence-electron chi connectivity index (χ1n) is 7.62. The molecule has 0 aliphatic rings. The van der Waals surface area contributed by atoms with E-state index in [-0.39, 0.29) is 11.7 Å². The van der Waals surface area contributed by atoms with Crippen LogP contribution in [0.5, 0.6) is 0 Å². The highest BCUT2D eigenvalue weighted by Gasteiger charge is 2.20. The molecule has 1 aromatic carbocycles. The maximum Gasteiger partial charge on any atom is 0.293 e. The third-order valence-electron chi connectivity index (χ3n) is 3.69. The van der Waals surface area contributed by atoms with Crippen LogP contribution in [-0.4, -0.2) is 36.9 Å². The summed E-state index contributed by atoms with van der Waals surface area (Å²) in [5.41, 5.74) is 2.85. The van der Waals surface area contributed by atoms with Crippen LogP contribution < -0.4 is 0 Å². The molecule has 0 bridgehead atoms. The van der Waals surface area contributed by atoms with Crippen molar-refractivity contribution in [2.24, 2.45) is 0 Å². The molecule has 118 valence electrons. The number of nitrogens with zero attached hydrogens (tertiary/aromatic N) is 5.